The quantitative estimate of drug-likeness (QED) is 0.125. The van der Waals surface area contributed by atoms with Crippen molar-refractivity contribution in [3.8, 4) is 0 Å². The van der Waals surface area contributed by atoms with E-state index in [1.165, 1.54) is 24.3 Å². The number of ether oxygens (including phenoxy) is 1. The SMILES string of the molecule is CCOC(=O)C(CC1(SN=O)CCN(OC(=O)CC(O)(CC(=O)O)C(=O)O)CC1)NS(=O)(=O)c1ccccc1. The molecule has 0 spiro atoms. The maximum atomic E-state index is 12.9. The Bertz CT molecular complexity index is 1160. The third-order valence-electron chi connectivity index (χ3n) is 5.87. The molecule has 0 radical (unpaired) electrons. The van der Waals surface area contributed by atoms with Gasteiger partial charge in [-0.25, -0.2) is 13.2 Å². The molecule has 2 rings (SSSR count). The minimum Gasteiger partial charge on any atom is -0.481 e. The number of esters is 1. The number of rotatable bonds is 15. The average Bonchev–Trinajstić information content (AvgIpc) is 2.85. The second kappa shape index (κ2) is 13.8. The summed E-state index contributed by atoms with van der Waals surface area (Å²) in [4.78, 5) is 63.3. The highest BCUT2D eigenvalue weighted by molar-refractivity contribution is 7.99. The number of nitrogens with one attached hydrogen (secondary N) is 1. The second-order valence-electron chi connectivity index (χ2n) is 8.77. The number of aliphatic hydroxyl groups is 1. The van der Waals surface area contributed by atoms with Crippen LogP contribution in [0.4, 0.5) is 0 Å². The molecular weight excluding hydrogens is 562 g/mol. The van der Waals surface area contributed by atoms with Crippen molar-refractivity contribution < 1.29 is 52.5 Å². The van der Waals surface area contributed by atoms with Crippen LogP contribution in [0.25, 0.3) is 0 Å². The van der Waals surface area contributed by atoms with Crippen molar-refractivity contribution in [1.29, 1.82) is 0 Å². The van der Waals surface area contributed by atoms with Gasteiger partial charge in [0, 0.05) is 34.4 Å². The van der Waals surface area contributed by atoms with Crippen LogP contribution < -0.4 is 4.72 Å². The lowest BCUT2D eigenvalue weighted by Gasteiger charge is -2.39. The highest BCUT2D eigenvalue weighted by Crippen LogP contribution is 2.41. The minimum absolute atomic E-state index is 0.0250. The number of nitroso groups, excluding NO2 is 1. The fourth-order valence-corrected chi connectivity index (χ4v) is 5.89. The number of hydroxylamine groups is 2. The van der Waals surface area contributed by atoms with Gasteiger partial charge in [-0.15, -0.1) is 9.97 Å². The van der Waals surface area contributed by atoms with Crippen molar-refractivity contribution in [2.24, 2.45) is 4.58 Å². The summed E-state index contributed by atoms with van der Waals surface area (Å²) in [5, 5.41) is 29.1. The molecule has 1 aromatic carbocycles. The predicted molar refractivity (Wildman–Crippen MR) is 134 cm³/mol. The molecule has 1 heterocycles. The zero-order valence-electron chi connectivity index (χ0n) is 20.8. The molecule has 17 heteroatoms. The Morgan fingerprint density at radius 2 is 1.77 bits per heavy atom. The van der Waals surface area contributed by atoms with Gasteiger partial charge in [0.05, 0.1) is 24.3 Å². The number of hydrogen-bond acceptors (Lipinski definition) is 13. The van der Waals surface area contributed by atoms with Gasteiger partial charge in [-0.1, -0.05) is 18.2 Å². The molecule has 4 N–H and O–H groups in total. The highest BCUT2D eigenvalue weighted by atomic mass is 32.2. The van der Waals surface area contributed by atoms with Gasteiger partial charge in [-0.2, -0.15) is 4.72 Å². The van der Waals surface area contributed by atoms with E-state index in [1.54, 1.807) is 13.0 Å². The van der Waals surface area contributed by atoms with Gasteiger partial charge in [0.15, 0.2) is 5.60 Å². The normalized spacial score (nSPS) is 17.8. The first-order valence-corrected chi connectivity index (χ1v) is 13.9. The predicted octanol–water partition coefficient (Wildman–Crippen LogP) is 0.675. The van der Waals surface area contributed by atoms with Crippen molar-refractivity contribution in [2.75, 3.05) is 19.7 Å². The first-order chi connectivity index (χ1) is 18.3. The minimum atomic E-state index is -4.14. The number of nitrogens with zero attached hydrogens (tertiary/aromatic N) is 2. The van der Waals surface area contributed by atoms with Crippen LogP contribution in [-0.4, -0.2) is 88.8 Å². The van der Waals surface area contributed by atoms with Crippen LogP contribution in [0.3, 0.4) is 0 Å². The fraction of sp³-hybridized carbons (Fsp3) is 0.545. The van der Waals surface area contributed by atoms with Gasteiger partial charge in [-0.3, -0.25) is 14.4 Å². The molecule has 0 saturated carbocycles. The van der Waals surface area contributed by atoms with Gasteiger partial charge in [0.25, 0.3) is 0 Å². The summed E-state index contributed by atoms with van der Waals surface area (Å²) in [6.45, 7) is 1.47. The first-order valence-electron chi connectivity index (χ1n) is 11.6. The van der Waals surface area contributed by atoms with Crippen molar-refractivity contribution >= 4 is 45.8 Å². The largest absolute Gasteiger partial charge is 0.481 e. The Labute approximate surface area is 227 Å². The van der Waals surface area contributed by atoms with Gasteiger partial charge in [0.2, 0.25) is 10.0 Å². The Balaban J connectivity index is 2.13. The van der Waals surface area contributed by atoms with Gasteiger partial charge in [0.1, 0.15) is 6.04 Å². The number of sulfonamides is 1. The number of piperidine rings is 1. The van der Waals surface area contributed by atoms with E-state index in [1.807, 2.05) is 0 Å². The molecule has 1 aromatic rings. The zero-order chi connectivity index (χ0) is 29.3. The van der Waals surface area contributed by atoms with Crippen molar-refractivity contribution in [3.05, 3.63) is 35.2 Å². The third kappa shape index (κ3) is 9.24. The number of benzene rings is 1. The Morgan fingerprint density at radius 3 is 2.28 bits per heavy atom. The number of hydrogen-bond donors (Lipinski definition) is 4. The van der Waals surface area contributed by atoms with Crippen LogP contribution in [0.5, 0.6) is 0 Å². The summed E-state index contributed by atoms with van der Waals surface area (Å²) in [7, 11) is -4.14. The molecule has 2 unspecified atom stereocenters. The Morgan fingerprint density at radius 1 is 1.15 bits per heavy atom. The fourth-order valence-electron chi connectivity index (χ4n) is 3.92. The maximum Gasteiger partial charge on any atom is 0.336 e. The molecule has 15 nitrogen and oxygen atoms in total. The lowest BCUT2D eigenvalue weighted by molar-refractivity contribution is -0.203. The van der Waals surface area contributed by atoms with Crippen LogP contribution in [0, 0.1) is 4.91 Å². The van der Waals surface area contributed by atoms with Gasteiger partial charge >= 0.3 is 23.9 Å². The summed E-state index contributed by atoms with van der Waals surface area (Å²) < 4.78 is 35.0. The van der Waals surface area contributed by atoms with Crippen LogP contribution in [0.1, 0.15) is 39.0 Å². The van der Waals surface area contributed by atoms with E-state index in [4.69, 9.17) is 19.8 Å². The molecule has 2 atom stereocenters. The lowest BCUT2D eigenvalue weighted by Crippen LogP contribution is -2.50. The van der Waals surface area contributed by atoms with Crippen LogP contribution in [0.15, 0.2) is 39.8 Å². The molecule has 0 bridgehead atoms. The topological polar surface area (TPSA) is 226 Å². The maximum absolute atomic E-state index is 12.9. The standard InChI is InChI=1S/C22H29N3O12S2/c1-2-36-19(29)16(23-39(34,35)15-6-4-3-5-7-15)12-21(38-24-33)8-10-25(11-9-21)37-18(28)14-22(32,20(30)31)13-17(26)27/h3-7,16,23,32H,2,8-14H2,1H3,(H,26,27)(H,30,31). The Kier molecular flexibility index (Phi) is 11.3. The monoisotopic (exact) mass is 591 g/mol. The van der Waals surface area contributed by atoms with Crippen LogP contribution in [-0.2, 0) is 38.8 Å². The molecule has 1 saturated heterocycles. The summed E-state index contributed by atoms with van der Waals surface area (Å²) in [6, 6.07) is 5.96. The number of carboxylic acids is 2. The average molecular weight is 592 g/mol. The van der Waals surface area contributed by atoms with E-state index < -0.39 is 63.1 Å². The smallest absolute Gasteiger partial charge is 0.336 e. The van der Waals surface area contributed by atoms with Crippen molar-refractivity contribution in [1.82, 2.24) is 9.79 Å². The molecule has 39 heavy (non-hydrogen) atoms. The third-order valence-corrected chi connectivity index (χ3v) is 8.40. The highest BCUT2D eigenvalue weighted by Gasteiger charge is 2.45. The molecule has 1 aliphatic heterocycles. The molecule has 0 amide bonds. The Hall–Kier alpha value is -3.12. The summed E-state index contributed by atoms with van der Waals surface area (Å²) >= 11 is 0.604. The van der Waals surface area contributed by atoms with E-state index >= 15 is 0 Å². The molecule has 216 valence electrons. The zero-order valence-corrected chi connectivity index (χ0v) is 22.5. The molecule has 1 aliphatic rings. The van der Waals surface area contributed by atoms with E-state index in [2.05, 4.69) is 9.30 Å². The number of carboxylic acid groups (broad SMARTS) is 2. The lowest BCUT2D eigenvalue weighted by atomic mass is 9.90. The van der Waals surface area contributed by atoms with Crippen molar-refractivity contribution in [2.45, 2.75) is 60.3 Å². The second-order valence-corrected chi connectivity index (χ2v) is 11.7. The van der Waals surface area contributed by atoms with Gasteiger partial charge in [-0.05, 0) is 38.3 Å². The molecule has 0 aliphatic carbocycles. The van der Waals surface area contributed by atoms with Crippen molar-refractivity contribution in [3.63, 3.8) is 0 Å². The van der Waals surface area contributed by atoms with E-state index in [0.29, 0.717) is 11.9 Å². The van der Waals surface area contributed by atoms with E-state index in [9.17, 15) is 37.6 Å². The van der Waals surface area contributed by atoms with Crippen LogP contribution >= 0.6 is 11.9 Å². The van der Waals surface area contributed by atoms with Gasteiger partial charge < -0.3 is 24.9 Å². The van der Waals surface area contributed by atoms with E-state index in [0.717, 1.165) is 5.06 Å². The number of carbonyl (C=O) groups excluding carboxylic acids is 2. The number of aliphatic carboxylic acids is 2. The molecular formula is C22H29N3O12S2. The van der Waals surface area contributed by atoms with E-state index in [-0.39, 0.29) is 43.9 Å². The molecule has 1 fully saturated rings. The summed E-state index contributed by atoms with van der Waals surface area (Å²) in [5.41, 5.74) is -2.87. The number of carbonyl (C=O) groups is 4. The summed E-state index contributed by atoms with van der Waals surface area (Å²) in [6.07, 6.45) is -2.38. The molecule has 0 aromatic heterocycles. The summed E-state index contributed by atoms with van der Waals surface area (Å²) in [5.74, 6) is -5.60. The first kappa shape index (κ1) is 32.1. The van der Waals surface area contributed by atoms with Crippen LogP contribution in [0.2, 0.25) is 0 Å².